The minimum atomic E-state index is 0.440. The first-order valence-corrected chi connectivity index (χ1v) is 8.52. The molecule has 2 N–H and O–H groups in total. The minimum Gasteiger partial charge on any atom is -0.382 e. The smallest absolute Gasteiger partial charge is 0.165 e. The fourth-order valence-electron chi connectivity index (χ4n) is 2.41. The van der Waals surface area contributed by atoms with Gasteiger partial charge in [0, 0.05) is 31.1 Å². The first-order valence-electron chi connectivity index (χ1n) is 7.13. The highest BCUT2D eigenvalue weighted by Crippen LogP contribution is 2.19. The second-order valence-corrected chi connectivity index (χ2v) is 5.95. The van der Waals surface area contributed by atoms with Gasteiger partial charge in [-0.25, -0.2) is 15.0 Å². The molecule has 0 fully saturated rings. The standard InChI is InChI=1S/C15H18N6S/c1-22-8-7-21-12(5-4-11-3-2-6-17-9-11)20-13-14(16)18-10-19-15(13)21/h2-3,6,9-10H,4-5,7-8H2,1H3,(H2,16,18,19). The van der Waals surface area contributed by atoms with Gasteiger partial charge in [0.15, 0.2) is 17.0 Å². The maximum Gasteiger partial charge on any atom is 0.165 e. The molecule has 3 aromatic rings. The van der Waals surface area contributed by atoms with Crippen molar-refractivity contribution in [1.29, 1.82) is 0 Å². The number of fused-ring (bicyclic) bond motifs is 1. The third-order valence-electron chi connectivity index (χ3n) is 3.52. The molecule has 114 valence electrons. The second kappa shape index (κ2) is 6.74. The Hall–Kier alpha value is -2.15. The summed E-state index contributed by atoms with van der Waals surface area (Å²) in [6.45, 7) is 0.872. The predicted molar refractivity (Wildman–Crippen MR) is 89.8 cm³/mol. The maximum absolute atomic E-state index is 5.93. The van der Waals surface area contributed by atoms with Crippen molar-refractivity contribution in [2.75, 3.05) is 17.7 Å². The van der Waals surface area contributed by atoms with Crippen molar-refractivity contribution in [3.8, 4) is 0 Å². The van der Waals surface area contributed by atoms with Crippen LogP contribution in [0.2, 0.25) is 0 Å². The van der Waals surface area contributed by atoms with E-state index in [9.17, 15) is 0 Å². The Kier molecular flexibility index (Phi) is 4.53. The molecule has 0 aliphatic rings. The molecule has 0 saturated heterocycles. The van der Waals surface area contributed by atoms with Gasteiger partial charge in [-0.15, -0.1) is 0 Å². The normalized spacial score (nSPS) is 11.1. The van der Waals surface area contributed by atoms with E-state index >= 15 is 0 Å². The number of rotatable bonds is 6. The third-order valence-corrected chi connectivity index (χ3v) is 4.11. The van der Waals surface area contributed by atoms with E-state index in [4.69, 9.17) is 5.73 Å². The van der Waals surface area contributed by atoms with Crippen LogP contribution in [-0.2, 0) is 19.4 Å². The number of anilines is 1. The molecule has 3 heterocycles. The Morgan fingerprint density at radius 2 is 2.18 bits per heavy atom. The molecule has 0 atom stereocenters. The van der Waals surface area contributed by atoms with Gasteiger partial charge in [-0.05, 0) is 24.3 Å². The monoisotopic (exact) mass is 314 g/mol. The summed E-state index contributed by atoms with van der Waals surface area (Å²) in [5.74, 6) is 2.45. The number of aromatic nitrogens is 5. The van der Waals surface area contributed by atoms with E-state index in [1.807, 2.05) is 12.3 Å². The van der Waals surface area contributed by atoms with Crippen molar-refractivity contribution in [2.45, 2.75) is 19.4 Å². The fraction of sp³-hybridized carbons (Fsp3) is 0.333. The van der Waals surface area contributed by atoms with Crippen molar-refractivity contribution in [1.82, 2.24) is 24.5 Å². The predicted octanol–water partition coefficient (Wildman–Crippen LogP) is 1.95. The number of hydrogen-bond acceptors (Lipinski definition) is 6. The lowest BCUT2D eigenvalue weighted by Crippen LogP contribution is -2.08. The van der Waals surface area contributed by atoms with Crippen LogP contribution in [0.1, 0.15) is 11.4 Å². The SMILES string of the molecule is CSCCn1c(CCc2cccnc2)nc2c(N)ncnc21. The number of aryl methyl sites for hydroxylation is 3. The highest BCUT2D eigenvalue weighted by atomic mass is 32.2. The molecule has 3 rings (SSSR count). The number of hydrogen-bond donors (Lipinski definition) is 1. The summed E-state index contributed by atoms with van der Waals surface area (Å²) in [5.41, 5.74) is 8.65. The Morgan fingerprint density at radius 3 is 2.95 bits per heavy atom. The highest BCUT2D eigenvalue weighted by Gasteiger charge is 2.14. The zero-order valence-electron chi connectivity index (χ0n) is 12.4. The first-order chi connectivity index (χ1) is 10.8. The topological polar surface area (TPSA) is 82.5 Å². The molecule has 0 bridgehead atoms. The van der Waals surface area contributed by atoms with Crippen LogP contribution in [0, 0.1) is 0 Å². The van der Waals surface area contributed by atoms with Gasteiger partial charge in [0.1, 0.15) is 12.2 Å². The summed E-state index contributed by atoms with van der Waals surface area (Å²) in [7, 11) is 0. The number of imidazole rings is 1. The van der Waals surface area contributed by atoms with Gasteiger partial charge >= 0.3 is 0 Å². The van der Waals surface area contributed by atoms with Crippen LogP contribution in [0.3, 0.4) is 0 Å². The largest absolute Gasteiger partial charge is 0.382 e. The van der Waals surface area contributed by atoms with Crippen LogP contribution in [0.15, 0.2) is 30.9 Å². The van der Waals surface area contributed by atoms with Crippen molar-refractivity contribution in [3.05, 3.63) is 42.2 Å². The summed E-state index contributed by atoms with van der Waals surface area (Å²) < 4.78 is 2.15. The molecule has 3 aromatic heterocycles. The van der Waals surface area contributed by atoms with Gasteiger partial charge in [-0.2, -0.15) is 11.8 Å². The maximum atomic E-state index is 5.93. The summed E-state index contributed by atoms with van der Waals surface area (Å²) in [6, 6.07) is 4.03. The van der Waals surface area contributed by atoms with Crippen LogP contribution in [-0.4, -0.2) is 36.5 Å². The number of thioether (sulfide) groups is 1. The molecule has 0 amide bonds. The summed E-state index contributed by atoms with van der Waals surface area (Å²) >= 11 is 1.80. The molecule has 0 aliphatic carbocycles. The Balaban J connectivity index is 1.91. The van der Waals surface area contributed by atoms with Crippen molar-refractivity contribution in [2.24, 2.45) is 0 Å². The summed E-state index contributed by atoms with van der Waals surface area (Å²) in [5, 5.41) is 0. The van der Waals surface area contributed by atoms with Crippen LogP contribution >= 0.6 is 11.8 Å². The Morgan fingerprint density at radius 1 is 1.27 bits per heavy atom. The molecule has 7 heteroatoms. The molecule has 0 aromatic carbocycles. The van der Waals surface area contributed by atoms with E-state index < -0.39 is 0 Å². The van der Waals surface area contributed by atoms with Crippen LogP contribution in [0.4, 0.5) is 5.82 Å². The molecular weight excluding hydrogens is 296 g/mol. The fourth-order valence-corrected chi connectivity index (χ4v) is 2.77. The quantitative estimate of drug-likeness (QED) is 0.749. The molecule has 6 nitrogen and oxygen atoms in total. The molecular formula is C15H18N6S. The average molecular weight is 314 g/mol. The highest BCUT2D eigenvalue weighted by molar-refractivity contribution is 7.98. The molecule has 0 spiro atoms. The average Bonchev–Trinajstić information content (AvgIpc) is 2.91. The summed E-state index contributed by atoms with van der Waals surface area (Å²) in [6.07, 6.45) is 8.99. The molecule has 0 radical (unpaired) electrons. The lowest BCUT2D eigenvalue weighted by atomic mass is 10.1. The number of nitrogens with zero attached hydrogens (tertiary/aromatic N) is 5. The van der Waals surface area contributed by atoms with E-state index in [0.717, 1.165) is 36.6 Å². The zero-order chi connectivity index (χ0) is 15.4. The van der Waals surface area contributed by atoms with Crippen molar-refractivity contribution < 1.29 is 0 Å². The van der Waals surface area contributed by atoms with Crippen molar-refractivity contribution in [3.63, 3.8) is 0 Å². The number of nitrogens with two attached hydrogens (primary N) is 1. The zero-order valence-corrected chi connectivity index (χ0v) is 13.3. The number of nitrogen functional groups attached to an aromatic ring is 1. The Bertz CT molecular complexity index is 755. The lowest BCUT2D eigenvalue weighted by Gasteiger charge is -2.07. The molecule has 0 unspecified atom stereocenters. The van der Waals surface area contributed by atoms with Crippen LogP contribution in [0.5, 0.6) is 0 Å². The van der Waals surface area contributed by atoms with Gasteiger partial charge in [-0.1, -0.05) is 6.07 Å². The summed E-state index contributed by atoms with van der Waals surface area (Å²) in [4.78, 5) is 17.2. The van der Waals surface area contributed by atoms with Crippen LogP contribution < -0.4 is 5.73 Å². The van der Waals surface area contributed by atoms with Crippen molar-refractivity contribution >= 4 is 28.7 Å². The van der Waals surface area contributed by atoms with Gasteiger partial charge in [0.25, 0.3) is 0 Å². The van der Waals surface area contributed by atoms with E-state index in [1.165, 1.54) is 11.9 Å². The third kappa shape index (κ3) is 3.04. The molecule has 22 heavy (non-hydrogen) atoms. The molecule has 0 saturated carbocycles. The van der Waals surface area contributed by atoms with Gasteiger partial charge in [-0.3, -0.25) is 4.98 Å². The molecule has 0 aliphatic heterocycles. The minimum absolute atomic E-state index is 0.440. The van der Waals surface area contributed by atoms with Crippen LogP contribution in [0.25, 0.3) is 11.2 Å². The lowest BCUT2D eigenvalue weighted by molar-refractivity contribution is 0.707. The van der Waals surface area contributed by atoms with Gasteiger partial charge < -0.3 is 10.3 Å². The van der Waals surface area contributed by atoms with E-state index in [-0.39, 0.29) is 0 Å². The van der Waals surface area contributed by atoms with E-state index in [0.29, 0.717) is 11.3 Å². The van der Waals surface area contributed by atoms with E-state index in [1.54, 1.807) is 18.0 Å². The number of pyridine rings is 1. The first kappa shape index (κ1) is 14.8. The van der Waals surface area contributed by atoms with Gasteiger partial charge in [0.05, 0.1) is 0 Å². The van der Waals surface area contributed by atoms with E-state index in [2.05, 4.69) is 36.8 Å². The Labute approximate surface area is 133 Å². The second-order valence-electron chi connectivity index (χ2n) is 4.96. The van der Waals surface area contributed by atoms with Gasteiger partial charge in [0.2, 0.25) is 0 Å².